The molecule has 1 heterocycles. The van der Waals surface area contributed by atoms with E-state index in [1.165, 1.54) is 6.07 Å². The molecule has 0 fully saturated rings. The zero-order chi connectivity index (χ0) is 13.2. The maximum Gasteiger partial charge on any atom is 0.300 e. The van der Waals surface area contributed by atoms with Crippen LogP contribution in [0.5, 0.6) is 0 Å². The SMILES string of the molecule is O=[N+]([O-])c1ccccc1Nc1nc2ccccc2o1. The van der Waals surface area contributed by atoms with Gasteiger partial charge in [0, 0.05) is 6.07 Å². The number of aromatic nitrogens is 1. The number of hydrogen-bond donors (Lipinski definition) is 1. The second-order valence-electron chi connectivity index (χ2n) is 3.89. The van der Waals surface area contributed by atoms with E-state index in [1.807, 2.05) is 18.2 Å². The molecule has 94 valence electrons. The number of nitro groups is 1. The molecular weight excluding hydrogens is 246 g/mol. The highest BCUT2D eigenvalue weighted by Gasteiger charge is 2.14. The molecule has 1 aromatic heterocycles. The van der Waals surface area contributed by atoms with Crippen molar-refractivity contribution in [2.45, 2.75) is 0 Å². The van der Waals surface area contributed by atoms with Gasteiger partial charge in [-0.2, -0.15) is 4.98 Å². The van der Waals surface area contributed by atoms with Crippen molar-refractivity contribution < 1.29 is 9.34 Å². The number of fused-ring (bicyclic) bond motifs is 1. The number of para-hydroxylation sites is 4. The minimum atomic E-state index is -0.453. The van der Waals surface area contributed by atoms with Gasteiger partial charge in [-0.3, -0.25) is 10.1 Å². The molecule has 0 bridgehead atoms. The van der Waals surface area contributed by atoms with Crippen molar-refractivity contribution in [2.24, 2.45) is 0 Å². The third-order valence-electron chi connectivity index (χ3n) is 2.64. The number of benzene rings is 2. The summed E-state index contributed by atoms with van der Waals surface area (Å²) < 4.78 is 5.46. The average Bonchev–Trinajstić information content (AvgIpc) is 2.81. The first-order valence-electron chi connectivity index (χ1n) is 5.60. The number of oxazole rings is 1. The second-order valence-corrected chi connectivity index (χ2v) is 3.89. The van der Waals surface area contributed by atoms with Crippen LogP contribution in [0, 0.1) is 10.1 Å². The van der Waals surface area contributed by atoms with Crippen molar-refractivity contribution in [2.75, 3.05) is 5.32 Å². The van der Waals surface area contributed by atoms with E-state index in [1.54, 1.807) is 24.3 Å². The lowest BCUT2D eigenvalue weighted by Gasteiger charge is -2.01. The summed E-state index contributed by atoms with van der Waals surface area (Å²) in [5, 5.41) is 13.7. The molecule has 19 heavy (non-hydrogen) atoms. The Balaban J connectivity index is 1.99. The molecule has 3 rings (SSSR count). The van der Waals surface area contributed by atoms with Gasteiger partial charge in [0.15, 0.2) is 5.58 Å². The zero-order valence-corrected chi connectivity index (χ0v) is 9.74. The van der Waals surface area contributed by atoms with Crippen molar-refractivity contribution in [1.82, 2.24) is 4.98 Å². The molecule has 0 radical (unpaired) electrons. The highest BCUT2D eigenvalue weighted by Crippen LogP contribution is 2.28. The molecule has 0 spiro atoms. The van der Waals surface area contributed by atoms with Gasteiger partial charge in [0.25, 0.3) is 11.7 Å². The molecule has 0 unspecified atom stereocenters. The fourth-order valence-electron chi connectivity index (χ4n) is 1.78. The molecule has 1 N–H and O–H groups in total. The van der Waals surface area contributed by atoms with Crippen molar-refractivity contribution in [3.63, 3.8) is 0 Å². The van der Waals surface area contributed by atoms with Crippen LogP contribution in [0.25, 0.3) is 11.1 Å². The lowest BCUT2D eigenvalue weighted by Crippen LogP contribution is -1.96. The minimum Gasteiger partial charge on any atom is -0.423 e. The molecule has 0 atom stereocenters. The highest BCUT2D eigenvalue weighted by molar-refractivity contribution is 5.76. The summed E-state index contributed by atoms with van der Waals surface area (Å²) in [7, 11) is 0. The first-order valence-corrected chi connectivity index (χ1v) is 5.60. The van der Waals surface area contributed by atoms with E-state index >= 15 is 0 Å². The number of hydrogen-bond acceptors (Lipinski definition) is 5. The molecule has 6 nitrogen and oxygen atoms in total. The van der Waals surface area contributed by atoms with Gasteiger partial charge in [0.2, 0.25) is 0 Å². The van der Waals surface area contributed by atoms with Gasteiger partial charge in [0.1, 0.15) is 11.2 Å². The van der Waals surface area contributed by atoms with Crippen LogP contribution in [-0.4, -0.2) is 9.91 Å². The predicted molar refractivity (Wildman–Crippen MR) is 70.4 cm³/mol. The largest absolute Gasteiger partial charge is 0.423 e. The van der Waals surface area contributed by atoms with Crippen molar-refractivity contribution in [3.8, 4) is 0 Å². The van der Waals surface area contributed by atoms with Crippen LogP contribution < -0.4 is 5.32 Å². The summed E-state index contributed by atoms with van der Waals surface area (Å²) >= 11 is 0. The Morgan fingerprint density at radius 1 is 1.11 bits per heavy atom. The van der Waals surface area contributed by atoms with Crippen LogP contribution in [0.3, 0.4) is 0 Å². The van der Waals surface area contributed by atoms with Crippen LogP contribution >= 0.6 is 0 Å². The molecule has 0 aliphatic rings. The van der Waals surface area contributed by atoms with Crippen molar-refractivity contribution >= 4 is 28.5 Å². The number of anilines is 2. The first kappa shape index (κ1) is 11.2. The topological polar surface area (TPSA) is 81.2 Å². The number of rotatable bonds is 3. The zero-order valence-electron chi connectivity index (χ0n) is 9.74. The third-order valence-corrected chi connectivity index (χ3v) is 2.64. The fourth-order valence-corrected chi connectivity index (χ4v) is 1.78. The molecule has 0 saturated carbocycles. The molecule has 2 aromatic carbocycles. The summed E-state index contributed by atoms with van der Waals surface area (Å²) in [6, 6.07) is 13.8. The molecular formula is C13H9N3O3. The van der Waals surface area contributed by atoms with Gasteiger partial charge >= 0.3 is 0 Å². The van der Waals surface area contributed by atoms with Crippen molar-refractivity contribution in [1.29, 1.82) is 0 Å². The van der Waals surface area contributed by atoms with Crippen LogP contribution in [0.4, 0.5) is 17.4 Å². The van der Waals surface area contributed by atoms with Gasteiger partial charge in [-0.15, -0.1) is 0 Å². The summed E-state index contributed by atoms with van der Waals surface area (Å²) in [5.41, 5.74) is 1.65. The predicted octanol–water partition coefficient (Wildman–Crippen LogP) is 3.48. The normalized spacial score (nSPS) is 10.5. The molecule has 3 aromatic rings. The van der Waals surface area contributed by atoms with Crippen LogP contribution in [0.1, 0.15) is 0 Å². The highest BCUT2D eigenvalue weighted by atomic mass is 16.6. The summed E-state index contributed by atoms with van der Waals surface area (Å²) in [6.07, 6.45) is 0. The maximum absolute atomic E-state index is 10.9. The molecule has 0 aliphatic heterocycles. The lowest BCUT2D eigenvalue weighted by atomic mass is 10.3. The first-order chi connectivity index (χ1) is 9.24. The Kier molecular flexibility index (Phi) is 2.60. The van der Waals surface area contributed by atoms with E-state index in [4.69, 9.17) is 4.42 Å². The summed E-state index contributed by atoms with van der Waals surface area (Å²) in [5.74, 6) is 0. The Bertz CT molecular complexity index is 718. The molecule has 0 amide bonds. The monoisotopic (exact) mass is 255 g/mol. The number of nitrogens with one attached hydrogen (secondary N) is 1. The Labute approximate surface area is 107 Å². The van der Waals surface area contributed by atoms with E-state index in [-0.39, 0.29) is 11.7 Å². The smallest absolute Gasteiger partial charge is 0.300 e. The van der Waals surface area contributed by atoms with E-state index < -0.39 is 4.92 Å². The van der Waals surface area contributed by atoms with Crippen molar-refractivity contribution in [3.05, 3.63) is 58.6 Å². The van der Waals surface area contributed by atoms with Gasteiger partial charge in [-0.05, 0) is 18.2 Å². The summed E-state index contributed by atoms with van der Waals surface area (Å²) in [6.45, 7) is 0. The van der Waals surface area contributed by atoms with Gasteiger partial charge in [-0.25, -0.2) is 0 Å². The lowest BCUT2D eigenvalue weighted by molar-refractivity contribution is -0.383. The van der Waals surface area contributed by atoms with Crippen LogP contribution in [0.2, 0.25) is 0 Å². The molecule has 0 aliphatic carbocycles. The van der Waals surface area contributed by atoms with E-state index in [0.717, 1.165) is 0 Å². The Morgan fingerprint density at radius 3 is 2.63 bits per heavy atom. The minimum absolute atomic E-state index is 0.0234. The third kappa shape index (κ3) is 2.11. The van der Waals surface area contributed by atoms with E-state index in [2.05, 4.69) is 10.3 Å². The van der Waals surface area contributed by atoms with Crippen LogP contribution in [-0.2, 0) is 0 Å². The van der Waals surface area contributed by atoms with E-state index in [0.29, 0.717) is 16.8 Å². The van der Waals surface area contributed by atoms with Gasteiger partial charge in [0.05, 0.1) is 4.92 Å². The number of nitrogens with zero attached hydrogens (tertiary/aromatic N) is 2. The maximum atomic E-state index is 10.9. The van der Waals surface area contributed by atoms with E-state index in [9.17, 15) is 10.1 Å². The second kappa shape index (κ2) is 4.41. The van der Waals surface area contributed by atoms with Crippen LogP contribution in [0.15, 0.2) is 52.9 Å². The summed E-state index contributed by atoms with van der Waals surface area (Å²) in [4.78, 5) is 14.7. The molecule has 0 saturated heterocycles. The average molecular weight is 255 g/mol. The Morgan fingerprint density at radius 2 is 1.84 bits per heavy atom. The number of nitro benzene ring substituents is 1. The molecule has 6 heteroatoms. The fraction of sp³-hybridized carbons (Fsp3) is 0. The van der Waals surface area contributed by atoms with Gasteiger partial charge < -0.3 is 9.73 Å². The van der Waals surface area contributed by atoms with Gasteiger partial charge in [-0.1, -0.05) is 24.3 Å². The quantitative estimate of drug-likeness (QED) is 0.572. The standard InChI is InChI=1S/C13H9N3O3/c17-16(18)11-7-3-1-5-9(11)14-13-15-10-6-2-4-8-12(10)19-13/h1-8H,(H,14,15). The Hall–Kier alpha value is -2.89.